The van der Waals surface area contributed by atoms with E-state index in [1.165, 1.54) is 24.3 Å². The van der Waals surface area contributed by atoms with Crippen LogP contribution in [-0.4, -0.2) is 10.9 Å². The molecule has 0 aliphatic rings. The van der Waals surface area contributed by atoms with Gasteiger partial charge in [-0.15, -0.1) is 0 Å². The van der Waals surface area contributed by atoms with Crippen LogP contribution in [0.25, 0.3) is 0 Å². The summed E-state index contributed by atoms with van der Waals surface area (Å²) in [7, 11) is 0. The van der Waals surface area contributed by atoms with Crippen LogP contribution in [0.1, 0.15) is 44.3 Å². The average molecular weight is 376 g/mol. The van der Waals surface area contributed by atoms with Gasteiger partial charge in [0.15, 0.2) is 5.78 Å². The highest BCUT2D eigenvalue weighted by Gasteiger charge is 2.19. The maximum Gasteiger partial charge on any atom is 0.162 e. The Morgan fingerprint density at radius 1 is 1.37 bits per heavy atom. The van der Waals surface area contributed by atoms with E-state index in [4.69, 9.17) is 0 Å². The molecule has 0 aliphatic heterocycles. The number of rotatable bonds is 7. The standard InChI is InChI=1S/C15H18FIO2/c1-2-3-4-5-14(18)13(10-17)15(19)11-6-8-12(16)9-7-11/h6-10,15,19H,2-5H2,1H3/b13-10+. The zero-order chi connectivity index (χ0) is 14.3. The van der Waals surface area contributed by atoms with E-state index in [2.05, 4.69) is 6.92 Å². The van der Waals surface area contributed by atoms with E-state index >= 15 is 0 Å². The van der Waals surface area contributed by atoms with E-state index in [1.54, 1.807) is 4.08 Å². The molecule has 0 heterocycles. The number of halogens is 2. The van der Waals surface area contributed by atoms with Gasteiger partial charge in [0.1, 0.15) is 11.9 Å². The zero-order valence-corrected chi connectivity index (χ0v) is 13.1. The third-order valence-corrected chi connectivity index (χ3v) is 3.60. The lowest BCUT2D eigenvalue weighted by molar-refractivity contribution is -0.116. The number of aliphatic hydroxyl groups excluding tert-OH is 1. The second-order valence-corrected chi connectivity index (χ2v) is 5.02. The Balaban J connectivity index is 2.74. The first kappa shape index (κ1) is 16.3. The van der Waals surface area contributed by atoms with Crippen molar-refractivity contribution in [3.8, 4) is 0 Å². The smallest absolute Gasteiger partial charge is 0.162 e. The molecule has 1 atom stereocenters. The fourth-order valence-electron chi connectivity index (χ4n) is 1.78. The average Bonchev–Trinajstić information content (AvgIpc) is 2.40. The molecule has 0 radical (unpaired) electrons. The minimum atomic E-state index is -0.980. The van der Waals surface area contributed by atoms with Crippen molar-refractivity contribution in [1.29, 1.82) is 0 Å². The molecule has 0 aromatic heterocycles. The van der Waals surface area contributed by atoms with Crippen LogP contribution in [-0.2, 0) is 4.79 Å². The van der Waals surface area contributed by atoms with E-state index in [0.717, 1.165) is 19.3 Å². The van der Waals surface area contributed by atoms with Crippen molar-refractivity contribution in [1.82, 2.24) is 0 Å². The van der Waals surface area contributed by atoms with Crippen molar-refractivity contribution in [2.24, 2.45) is 0 Å². The van der Waals surface area contributed by atoms with Crippen molar-refractivity contribution >= 4 is 28.4 Å². The van der Waals surface area contributed by atoms with Gasteiger partial charge in [0, 0.05) is 12.0 Å². The molecule has 19 heavy (non-hydrogen) atoms. The number of hydrogen-bond donors (Lipinski definition) is 1. The van der Waals surface area contributed by atoms with Gasteiger partial charge in [-0.3, -0.25) is 4.79 Å². The summed E-state index contributed by atoms with van der Waals surface area (Å²) in [4.78, 5) is 12.0. The number of carbonyl (C=O) groups is 1. The van der Waals surface area contributed by atoms with Crippen LogP contribution < -0.4 is 0 Å². The van der Waals surface area contributed by atoms with Crippen LogP contribution in [0.5, 0.6) is 0 Å². The molecule has 0 amide bonds. The van der Waals surface area contributed by atoms with E-state index in [0.29, 0.717) is 17.6 Å². The molecule has 0 spiro atoms. The molecule has 0 aliphatic carbocycles. The zero-order valence-electron chi connectivity index (χ0n) is 10.9. The van der Waals surface area contributed by atoms with Crippen LogP contribution in [0.2, 0.25) is 0 Å². The van der Waals surface area contributed by atoms with Gasteiger partial charge >= 0.3 is 0 Å². The Morgan fingerprint density at radius 3 is 2.53 bits per heavy atom. The van der Waals surface area contributed by atoms with Crippen molar-refractivity contribution in [2.75, 3.05) is 0 Å². The summed E-state index contributed by atoms with van der Waals surface area (Å²) in [6, 6.07) is 5.56. The molecule has 0 fully saturated rings. The van der Waals surface area contributed by atoms with Crippen LogP contribution in [0.3, 0.4) is 0 Å². The summed E-state index contributed by atoms with van der Waals surface area (Å²) in [5.41, 5.74) is 0.913. The minimum Gasteiger partial charge on any atom is -0.384 e. The molecule has 2 nitrogen and oxygen atoms in total. The lowest BCUT2D eigenvalue weighted by atomic mass is 9.97. The number of hydrogen-bond acceptors (Lipinski definition) is 2. The van der Waals surface area contributed by atoms with Gasteiger partial charge < -0.3 is 5.11 Å². The fourth-order valence-corrected chi connectivity index (χ4v) is 2.47. The molecule has 0 saturated heterocycles. The van der Waals surface area contributed by atoms with Crippen LogP contribution in [0, 0.1) is 5.82 Å². The lowest BCUT2D eigenvalue weighted by Gasteiger charge is -2.14. The van der Waals surface area contributed by atoms with Gasteiger partial charge in [-0.1, -0.05) is 54.5 Å². The minimum absolute atomic E-state index is 0.0420. The fraction of sp³-hybridized carbons (Fsp3) is 0.400. The van der Waals surface area contributed by atoms with Gasteiger partial charge in [-0.2, -0.15) is 0 Å². The number of carbonyl (C=O) groups excluding carboxylic acids is 1. The lowest BCUT2D eigenvalue weighted by Crippen LogP contribution is -2.11. The summed E-state index contributed by atoms with van der Waals surface area (Å²) >= 11 is 1.96. The van der Waals surface area contributed by atoms with Crippen molar-refractivity contribution < 1.29 is 14.3 Å². The number of Topliss-reactive ketones (excluding diaryl/α,β-unsaturated/α-hetero) is 1. The molecule has 1 aromatic carbocycles. The third-order valence-electron chi connectivity index (χ3n) is 2.93. The highest BCUT2D eigenvalue weighted by atomic mass is 127. The summed E-state index contributed by atoms with van der Waals surface area (Å²) in [6.07, 6.45) is 2.36. The summed E-state index contributed by atoms with van der Waals surface area (Å²) in [5, 5.41) is 10.2. The molecule has 1 unspecified atom stereocenters. The molecule has 104 valence electrons. The maximum absolute atomic E-state index is 12.8. The predicted octanol–water partition coefficient (Wildman–Crippen LogP) is 4.33. The quantitative estimate of drug-likeness (QED) is 0.437. The molecule has 1 N–H and O–H groups in total. The molecular formula is C15H18FIO2. The van der Waals surface area contributed by atoms with Gasteiger partial charge in [0.2, 0.25) is 0 Å². The Morgan fingerprint density at radius 2 is 2.00 bits per heavy atom. The number of benzene rings is 1. The van der Waals surface area contributed by atoms with E-state index in [1.807, 2.05) is 22.6 Å². The van der Waals surface area contributed by atoms with Crippen molar-refractivity contribution in [3.05, 3.63) is 45.3 Å². The van der Waals surface area contributed by atoms with Crippen molar-refractivity contribution in [3.63, 3.8) is 0 Å². The predicted molar refractivity (Wildman–Crippen MR) is 82.6 cm³/mol. The number of unbranched alkanes of at least 4 members (excludes halogenated alkanes) is 2. The summed E-state index contributed by atoms with van der Waals surface area (Å²) in [6.45, 7) is 2.08. The highest BCUT2D eigenvalue weighted by Crippen LogP contribution is 2.25. The monoisotopic (exact) mass is 376 g/mol. The number of aliphatic hydroxyl groups is 1. The topological polar surface area (TPSA) is 37.3 Å². The highest BCUT2D eigenvalue weighted by molar-refractivity contribution is 14.1. The molecule has 1 rings (SSSR count). The molecule has 4 heteroatoms. The molecule has 1 aromatic rings. The van der Waals surface area contributed by atoms with E-state index in [9.17, 15) is 14.3 Å². The Bertz CT molecular complexity index is 440. The normalized spacial score (nSPS) is 13.4. The SMILES string of the molecule is CCCCCC(=O)/C(=C\I)C(O)c1ccc(F)cc1. The number of ketones is 1. The first-order valence-electron chi connectivity index (χ1n) is 6.37. The Kier molecular flexibility index (Phi) is 7.23. The van der Waals surface area contributed by atoms with Crippen molar-refractivity contribution in [2.45, 2.75) is 38.7 Å². The van der Waals surface area contributed by atoms with E-state index in [-0.39, 0.29) is 11.6 Å². The van der Waals surface area contributed by atoms with Crippen LogP contribution >= 0.6 is 22.6 Å². The largest absolute Gasteiger partial charge is 0.384 e. The molecule has 0 bridgehead atoms. The van der Waals surface area contributed by atoms with Gasteiger partial charge in [-0.05, 0) is 28.2 Å². The van der Waals surface area contributed by atoms with Crippen LogP contribution in [0.4, 0.5) is 4.39 Å². The summed E-state index contributed by atoms with van der Waals surface area (Å²) in [5.74, 6) is -0.398. The van der Waals surface area contributed by atoms with Gasteiger partial charge in [0.25, 0.3) is 0 Å². The second-order valence-electron chi connectivity index (χ2n) is 4.40. The molecular weight excluding hydrogens is 358 g/mol. The summed E-state index contributed by atoms with van der Waals surface area (Å²) < 4.78 is 14.4. The Hall–Kier alpha value is -0.750. The maximum atomic E-state index is 12.8. The van der Waals surface area contributed by atoms with E-state index < -0.39 is 6.10 Å². The van der Waals surface area contributed by atoms with Crippen LogP contribution in [0.15, 0.2) is 33.9 Å². The van der Waals surface area contributed by atoms with Gasteiger partial charge in [-0.25, -0.2) is 4.39 Å². The molecule has 0 saturated carbocycles. The van der Waals surface area contributed by atoms with Gasteiger partial charge in [0.05, 0.1) is 0 Å². The second kappa shape index (κ2) is 8.43. The third kappa shape index (κ3) is 5.03. The Labute approximate surface area is 126 Å². The first-order chi connectivity index (χ1) is 9.10. The first-order valence-corrected chi connectivity index (χ1v) is 7.61.